The predicted octanol–water partition coefficient (Wildman–Crippen LogP) is 2.22. The molecule has 0 fully saturated rings. The normalized spacial score (nSPS) is 20.3. The topological polar surface area (TPSA) is 58.4 Å². The van der Waals surface area contributed by atoms with Crippen LogP contribution in [0.1, 0.15) is 24.5 Å². The summed E-state index contributed by atoms with van der Waals surface area (Å²) in [5.74, 6) is 0.0254. The van der Waals surface area contributed by atoms with Gasteiger partial charge >= 0.3 is 0 Å². The summed E-state index contributed by atoms with van der Waals surface area (Å²) in [6, 6.07) is 5.92. The second kappa shape index (κ2) is 6.87. The molecule has 4 nitrogen and oxygen atoms in total. The number of amides is 1. The van der Waals surface area contributed by atoms with Crippen LogP contribution in [-0.4, -0.2) is 36.0 Å². The van der Waals surface area contributed by atoms with Crippen molar-refractivity contribution in [2.45, 2.75) is 39.3 Å². The van der Waals surface area contributed by atoms with Crippen LogP contribution >= 0.6 is 0 Å². The van der Waals surface area contributed by atoms with Gasteiger partial charge in [-0.25, -0.2) is 0 Å². The van der Waals surface area contributed by atoms with E-state index in [0.29, 0.717) is 6.54 Å². The Balaban J connectivity index is 2.09. The fourth-order valence-electron chi connectivity index (χ4n) is 2.72. The maximum Gasteiger partial charge on any atom is 0.241 e. The Hall–Kier alpha value is -1.65. The van der Waals surface area contributed by atoms with Crippen molar-refractivity contribution in [1.29, 1.82) is 0 Å². The second-order valence-corrected chi connectivity index (χ2v) is 5.67. The van der Waals surface area contributed by atoms with Crippen LogP contribution in [-0.2, 0) is 4.79 Å². The lowest BCUT2D eigenvalue weighted by Crippen LogP contribution is -2.51. The molecule has 3 N–H and O–H groups in total. The van der Waals surface area contributed by atoms with Gasteiger partial charge in [-0.15, -0.1) is 0 Å². The maximum absolute atomic E-state index is 12.5. The molecule has 4 heteroatoms. The van der Waals surface area contributed by atoms with Crippen LogP contribution in [0, 0.1) is 13.8 Å². The van der Waals surface area contributed by atoms with E-state index >= 15 is 0 Å². The first-order valence-electron chi connectivity index (χ1n) is 7.54. The lowest BCUT2D eigenvalue weighted by Gasteiger charge is -2.35. The first-order valence-corrected chi connectivity index (χ1v) is 7.54. The molecule has 1 aliphatic heterocycles. The smallest absolute Gasteiger partial charge is 0.241 e. The fraction of sp³-hybridized carbons (Fsp3) is 0.471. The van der Waals surface area contributed by atoms with Gasteiger partial charge in [0.15, 0.2) is 0 Å². The van der Waals surface area contributed by atoms with Crippen LogP contribution in [0.4, 0.5) is 5.69 Å². The third-order valence-electron chi connectivity index (χ3n) is 4.32. The van der Waals surface area contributed by atoms with Crippen LogP contribution in [0.15, 0.2) is 30.4 Å². The van der Waals surface area contributed by atoms with E-state index in [9.17, 15) is 4.79 Å². The van der Waals surface area contributed by atoms with E-state index in [1.807, 2.05) is 39.0 Å². The Morgan fingerprint density at radius 1 is 1.48 bits per heavy atom. The van der Waals surface area contributed by atoms with E-state index in [4.69, 9.17) is 5.73 Å². The molecule has 0 bridgehead atoms. The number of carbonyl (C=O) groups excluding carboxylic acids is 1. The molecule has 114 valence electrons. The van der Waals surface area contributed by atoms with Crippen molar-refractivity contribution in [2.24, 2.45) is 5.73 Å². The van der Waals surface area contributed by atoms with Gasteiger partial charge < -0.3 is 11.1 Å². The number of nitrogens with two attached hydrogens (primary N) is 1. The molecule has 2 unspecified atom stereocenters. The zero-order valence-electron chi connectivity index (χ0n) is 13.1. The van der Waals surface area contributed by atoms with Crippen molar-refractivity contribution in [3.05, 3.63) is 41.5 Å². The number of hydrogen-bond donors (Lipinski definition) is 2. The van der Waals surface area contributed by atoms with E-state index in [1.54, 1.807) is 0 Å². The quantitative estimate of drug-likeness (QED) is 0.835. The number of nitrogens with zero attached hydrogens (tertiary/aromatic N) is 1. The molecule has 0 saturated carbocycles. The third kappa shape index (κ3) is 3.52. The summed E-state index contributed by atoms with van der Waals surface area (Å²) in [4.78, 5) is 14.7. The number of anilines is 1. The lowest BCUT2D eigenvalue weighted by atomic mass is 10.1. The molecule has 1 amide bonds. The number of rotatable bonds is 4. The first kappa shape index (κ1) is 15.7. The molecule has 0 saturated heterocycles. The van der Waals surface area contributed by atoms with Crippen LogP contribution in [0.3, 0.4) is 0 Å². The SMILES string of the molecule is Cc1cccc(NC(=O)C(C)N2CCC=CC2CN)c1C. The molecule has 0 spiro atoms. The highest BCUT2D eigenvalue weighted by Gasteiger charge is 2.27. The van der Waals surface area contributed by atoms with Crippen molar-refractivity contribution < 1.29 is 4.79 Å². The number of carbonyl (C=O) groups is 1. The van der Waals surface area contributed by atoms with Crippen molar-refractivity contribution >= 4 is 11.6 Å². The monoisotopic (exact) mass is 287 g/mol. The highest BCUT2D eigenvalue weighted by Crippen LogP contribution is 2.20. The summed E-state index contributed by atoms with van der Waals surface area (Å²) in [7, 11) is 0. The third-order valence-corrected chi connectivity index (χ3v) is 4.32. The minimum Gasteiger partial charge on any atom is -0.329 e. The van der Waals surface area contributed by atoms with Gasteiger partial charge in [0.05, 0.1) is 6.04 Å². The largest absolute Gasteiger partial charge is 0.329 e. The van der Waals surface area contributed by atoms with E-state index in [-0.39, 0.29) is 18.0 Å². The molecule has 1 aliphatic rings. The van der Waals surface area contributed by atoms with Gasteiger partial charge in [0.25, 0.3) is 0 Å². The minimum atomic E-state index is -0.191. The average molecular weight is 287 g/mol. The second-order valence-electron chi connectivity index (χ2n) is 5.67. The molecule has 1 aromatic carbocycles. The summed E-state index contributed by atoms with van der Waals surface area (Å²) < 4.78 is 0. The van der Waals surface area contributed by atoms with Crippen LogP contribution < -0.4 is 11.1 Å². The molecule has 1 heterocycles. The Labute approximate surface area is 127 Å². The minimum absolute atomic E-state index is 0.0254. The molecule has 0 aliphatic carbocycles. The number of nitrogens with one attached hydrogen (secondary N) is 1. The van der Waals surface area contributed by atoms with E-state index in [2.05, 4.69) is 22.4 Å². The molecular formula is C17H25N3O. The first-order chi connectivity index (χ1) is 10.0. The van der Waals surface area contributed by atoms with Gasteiger partial charge in [0.2, 0.25) is 5.91 Å². The molecule has 0 aromatic heterocycles. The van der Waals surface area contributed by atoms with Crippen LogP contribution in [0.2, 0.25) is 0 Å². The highest BCUT2D eigenvalue weighted by atomic mass is 16.2. The van der Waals surface area contributed by atoms with Crippen LogP contribution in [0.25, 0.3) is 0 Å². The Morgan fingerprint density at radius 3 is 2.95 bits per heavy atom. The van der Waals surface area contributed by atoms with Gasteiger partial charge in [0, 0.05) is 24.8 Å². The predicted molar refractivity (Wildman–Crippen MR) is 87.3 cm³/mol. The van der Waals surface area contributed by atoms with Crippen molar-refractivity contribution in [3.63, 3.8) is 0 Å². The van der Waals surface area contributed by atoms with Crippen molar-refractivity contribution in [3.8, 4) is 0 Å². The molecule has 1 aromatic rings. The average Bonchev–Trinajstić information content (AvgIpc) is 2.51. The van der Waals surface area contributed by atoms with Crippen LogP contribution in [0.5, 0.6) is 0 Å². The maximum atomic E-state index is 12.5. The van der Waals surface area contributed by atoms with Gasteiger partial charge in [-0.1, -0.05) is 24.3 Å². The Bertz CT molecular complexity index is 539. The molecule has 2 rings (SSSR count). The summed E-state index contributed by atoms with van der Waals surface area (Å²) in [6.45, 7) is 7.44. The summed E-state index contributed by atoms with van der Waals surface area (Å²) in [6.07, 6.45) is 5.21. The molecule has 0 radical (unpaired) electrons. The van der Waals surface area contributed by atoms with Crippen molar-refractivity contribution in [1.82, 2.24) is 4.90 Å². The standard InChI is InChI=1S/C17H25N3O/c1-12-7-6-9-16(13(12)2)19-17(21)14(3)20-10-5-4-8-15(20)11-18/h4,6-9,14-15H,5,10-11,18H2,1-3H3,(H,19,21). The molecular weight excluding hydrogens is 262 g/mol. The Kier molecular flexibility index (Phi) is 5.15. The zero-order valence-corrected chi connectivity index (χ0v) is 13.1. The van der Waals surface area contributed by atoms with Gasteiger partial charge in [-0.3, -0.25) is 9.69 Å². The van der Waals surface area contributed by atoms with Gasteiger partial charge in [-0.05, 0) is 44.4 Å². The van der Waals surface area contributed by atoms with E-state index in [0.717, 1.165) is 24.2 Å². The van der Waals surface area contributed by atoms with Gasteiger partial charge in [-0.2, -0.15) is 0 Å². The number of benzene rings is 1. The van der Waals surface area contributed by atoms with Gasteiger partial charge in [0.1, 0.15) is 0 Å². The summed E-state index contributed by atoms with van der Waals surface area (Å²) >= 11 is 0. The van der Waals surface area contributed by atoms with E-state index < -0.39 is 0 Å². The Morgan fingerprint density at radius 2 is 2.24 bits per heavy atom. The zero-order chi connectivity index (χ0) is 15.4. The fourth-order valence-corrected chi connectivity index (χ4v) is 2.72. The highest BCUT2D eigenvalue weighted by molar-refractivity contribution is 5.95. The number of aryl methyl sites for hydroxylation is 1. The molecule has 21 heavy (non-hydrogen) atoms. The molecule has 2 atom stereocenters. The van der Waals surface area contributed by atoms with E-state index in [1.165, 1.54) is 5.56 Å². The summed E-state index contributed by atoms with van der Waals surface area (Å²) in [5.41, 5.74) is 9.00. The summed E-state index contributed by atoms with van der Waals surface area (Å²) in [5, 5.41) is 3.05. The van der Waals surface area contributed by atoms with Crippen molar-refractivity contribution in [2.75, 3.05) is 18.4 Å². The lowest BCUT2D eigenvalue weighted by molar-refractivity contribution is -0.121. The number of hydrogen-bond acceptors (Lipinski definition) is 3.